The summed E-state index contributed by atoms with van der Waals surface area (Å²) in [5.74, 6) is 0. The maximum absolute atomic E-state index is 2.46. The average molecular weight is 459 g/mol. The first-order valence-corrected chi connectivity index (χ1v) is 13.9. The molecule has 1 heteroatoms. The number of rotatable bonds is 2. The monoisotopic (exact) mass is 458 g/mol. The van der Waals surface area contributed by atoms with Crippen LogP contribution in [-0.2, 0) is 12.6 Å². The van der Waals surface area contributed by atoms with Crippen molar-refractivity contribution in [3.05, 3.63) is 120 Å². The van der Waals surface area contributed by atoms with E-state index < -0.39 is 0 Å². The van der Waals surface area contributed by atoms with E-state index in [1.807, 2.05) is 0 Å². The molecule has 0 radical (unpaired) electrons. The Morgan fingerprint density at radius 3 is 1.91 bits per heavy atom. The second kappa shape index (κ2) is 8.37. The zero-order valence-corrected chi connectivity index (χ0v) is 21.1. The molecule has 34 heavy (non-hydrogen) atoms. The molecule has 0 nitrogen and oxygen atoms in total. The third kappa shape index (κ3) is 3.66. The SMILES string of the molecule is CC(C)(C)P1Cc2ccc3ccccc3c2-c2c(ccc3ccccc23)[C@@H]1Cc1ccccc1. The topological polar surface area (TPSA) is 0 Å². The fraction of sp³-hybridized carbons (Fsp3) is 0.212. The summed E-state index contributed by atoms with van der Waals surface area (Å²) < 4.78 is 0. The van der Waals surface area contributed by atoms with Crippen molar-refractivity contribution in [2.45, 2.75) is 44.2 Å². The van der Waals surface area contributed by atoms with E-state index in [-0.39, 0.29) is 13.1 Å². The van der Waals surface area contributed by atoms with E-state index in [2.05, 4.69) is 124 Å². The predicted molar refractivity (Wildman–Crippen MR) is 150 cm³/mol. The zero-order valence-electron chi connectivity index (χ0n) is 20.3. The molecule has 0 saturated heterocycles. The van der Waals surface area contributed by atoms with Crippen LogP contribution in [-0.4, -0.2) is 5.16 Å². The van der Waals surface area contributed by atoms with Crippen molar-refractivity contribution >= 4 is 29.5 Å². The minimum Gasteiger partial charge on any atom is -0.0886 e. The molecule has 1 unspecified atom stereocenters. The normalized spacial score (nSPS) is 17.9. The van der Waals surface area contributed by atoms with Gasteiger partial charge in [-0.3, -0.25) is 0 Å². The second-order valence-electron chi connectivity index (χ2n) is 10.6. The summed E-state index contributed by atoms with van der Waals surface area (Å²) >= 11 is 0. The van der Waals surface area contributed by atoms with E-state index in [9.17, 15) is 0 Å². The lowest BCUT2D eigenvalue weighted by molar-refractivity contribution is 0.753. The van der Waals surface area contributed by atoms with E-state index in [4.69, 9.17) is 0 Å². The Kier molecular flexibility index (Phi) is 5.31. The van der Waals surface area contributed by atoms with Crippen molar-refractivity contribution in [3.63, 3.8) is 0 Å². The summed E-state index contributed by atoms with van der Waals surface area (Å²) in [6, 6.07) is 38.6. The fourth-order valence-corrected chi connectivity index (χ4v) is 9.06. The number of benzene rings is 5. The first-order valence-electron chi connectivity index (χ1n) is 12.3. The first kappa shape index (κ1) is 21.6. The number of fused-ring (bicyclic) bond motifs is 7. The summed E-state index contributed by atoms with van der Waals surface area (Å²) in [5.41, 5.74) is 7.96. The molecule has 0 aromatic heterocycles. The van der Waals surface area contributed by atoms with E-state index in [1.165, 1.54) is 50.0 Å². The summed E-state index contributed by atoms with van der Waals surface area (Å²) in [7, 11) is -0.310. The number of hydrogen-bond acceptors (Lipinski definition) is 0. The van der Waals surface area contributed by atoms with Gasteiger partial charge in [0.25, 0.3) is 0 Å². The van der Waals surface area contributed by atoms with Crippen LogP contribution >= 0.6 is 7.92 Å². The highest BCUT2D eigenvalue weighted by Crippen LogP contribution is 2.67. The van der Waals surface area contributed by atoms with Gasteiger partial charge < -0.3 is 0 Å². The molecule has 0 bridgehead atoms. The van der Waals surface area contributed by atoms with Crippen LogP contribution in [0, 0.1) is 0 Å². The minimum absolute atomic E-state index is 0.255. The van der Waals surface area contributed by atoms with Gasteiger partial charge in [-0.2, -0.15) is 0 Å². The molecule has 1 heterocycles. The Labute approximate surface area is 204 Å². The Balaban J connectivity index is 1.72. The van der Waals surface area contributed by atoms with Gasteiger partial charge in [-0.25, -0.2) is 0 Å². The Bertz CT molecular complexity index is 1490. The highest BCUT2D eigenvalue weighted by atomic mass is 31.1. The van der Waals surface area contributed by atoms with Gasteiger partial charge in [0.1, 0.15) is 0 Å². The molecule has 6 rings (SSSR count). The van der Waals surface area contributed by atoms with Crippen molar-refractivity contribution in [3.8, 4) is 11.1 Å². The maximum Gasteiger partial charge on any atom is 0.00962 e. The van der Waals surface area contributed by atoms with Gasteiger partial charge in [0.15, 0.2) is 0 Å². The van der Waals surface area contributed by atoms with Gasteiger partial charge in [-0.1, -0.05) is 132 Å². The summed E-state index contributed by atoms with van der Waals surface area (Å²) in [4.78, 5) is 0. The van der Waals surface area contributed by atoms with Crippen molar-refractivity contribution in [1.82, 2.24) is 0 Å². The van der Waals surface area contributed by atoms with Gasteiger partial charge in [0.2, 0.25) is 0 Å². The lowest BCUT2D eigenvalue weighted by Crippen LogP contribution is -2.18. The van der Waals surface area contributed by atoms with Crippen molar-refractivity contribution in [2.24, 2.45) is 0 Å². The third-order valence-corrected chi connectivity index (χ3v) is 11.1. The standard InChI is InChI=1S/C33H31P/c1-33(2,3)34-22-26-18-17-24-13-7-9-15-27(24)31(26)32-28-16-10-8-14-25(28)19-20-29(32)30(34)21-23-11-5-4-6-12-23/h4-20,30H,21-22H2,1-3H3/t30-,34?/m0/s1. The van der Waals surface area contributed by atoms with Crippen LogP contribution in [0.4, 0.5) is 0 Å². The highest BCUT2D eigenvalue weighted by Gasteiger charge is 2.37. The first-order chi connectivity index (χ1) is 16.5. The second-order valence-corrected chi connectivity index (χ2v) is 13.8. The van der Waals surface area contributed by atoms with E-state index >= 15 is 0 Å². The average Bonchev–Trinajstić information content (AvgIpc) is 3.00. The smallest absolute Gasteiger partial charge is 0.00962 e. The molecular formula is C33H31P. The fourth-order valence-electron chi connectivity index (χ4n) is 5.81. The molecule has 2 atom stereocenters. The van der Waals surface area contributed by atoms with Crippen LogP contribution in [0.5, 0.6) is 0 Å². The van der Waals surface area contributed by atoms with Crippen LogP contribution < -0.4 is 0 Å². The van der Waals surface area contributed by atoms with Crippen LogP contribution in [0.1, 0.15) is 43.1 Å². The summed E-state index contributed by atoms with van der Waals surface area (Å²) in [5, 5.41) is 5.70. The molecule has 5 aromatic rings. The van der Waals surface area contributed by atoms with Gasteiger partial charge in [0.05, 0.1) is 0 Å². The number of hydrogen-bond donors (Lipinski definition) is 0. The molecule has 0 spiro atoms. The van der Waals surface area contributed by atoms with Gasteiger partial charge in [0, 0.05) is 5.66 Å². The minimum atomic E-state index is -0.310. The molecule has 0 amide bonds. The molecule has 0 saturated carbocycles. The Morgan fingerprint density at radius 2 is 1.24 bits per heavy atom. The molecule has 1 aliphatic rings. The van der Waals surface area contributed by atoms with E-state index in [1.54, 1.807) is 5.56 Å². The predicted octanol–water partition coefficient (Wildman–Crippen LogP) is 9.74. The largest absolute Gasteiger partial charge is 0.0886 e. The molecule has 168 valence electrons. The molecule has 1 aliphatic heterocycles. The van der Waals surface area contributed by atoms with Crippen molar-refractivity contribution in [1.29, 1.82) is 0 Å². The molecule has 0 fully saturated rings. The molecular weight excluding hydrogens is 427 g/mol. The lowest BCUT2D eigenvalue weighted by atomic mass is 9.86. The van der Waals surface area contributed by atoms with Crippen molar-refractivity contribution < 1.29 is 0 Å². The molecule has 0 aliphatic carbocycles. The maximum atomic E-state index is 2.46. The van der Waals surface area contributed by atoms with Crippen LogP contribution in [0.2, 0.25) is 0 Å². The highest BCUT2D eigenvalue weighted by molar-refractivity contribution is 7.58. The Hall–Kier alpha value is -2.95. The molecule has 0 N–H and O–H groups in total. The summed E-state index contributed by atoms with van der Waals surface area (Å²) in [6.07, 6.45) is 2.26. The summed E-state index contributed by atoms with van der Waals surface area (Å²) in [6.45, 7) is 7.39. The zero-order chi connectivity index (χ0) is 23.3. The lowest BCUT2D eigenvalue weighted by Gasteiger charge is -2.38. The quantitative estimate of drug-likeness (QED) is 0.231. The van der Waals surface area contributed by atoms with Gasteiger partial charge >= 0.3 is 0 Å². The third-order valence-electron chi connectivity index (χ3n) is 7.44. The van der Waals surface area contributed by atoms with E-state index in [0.29, 0.717) is 5.66 Å². The molecule has 5 aromatic carbocycles. The van der Waals surface area contributed by atoms with Gasteiger partial charge in [-0.15, -0.1) is 0 Å². The van der Waals surface area contributed by atoms with Gasteiger partial charge in [-0.05, 0) is 67.1 Å². The van der Waals surface area contributed by atoms with E-state index in [0.717, 1.165) is 6.42 Å². The van der Waals surface area contributed by atoms with Crippen LogP contribution in [0.15, 0.2) is 103 Å². The Morgan fingerprint density at radius 1 is 0.647 bits per heavy atom. The van der Waals surface area contributed by atoms with Crippen LogP contribution in [0.3, 0.4) is 0 Å². The van der Waals surface area contributed by atoms with Crippen LogP contribution in [0.25, 0.3) is 32.7 Å². The van der Waals surface area contributed by atoms with Crippen molar-refractivity contribution in [2.75, 3.05) is 0 Å².